The Morgan fingerprint density at radius 1 is 1.19 bits per heavy atom. The molecule has 1 aromatic carbocycles. The molecule has 0 aliphatic heterocycles. The highest BCUT2D eigenvalue weighted by molar-refractivity contribution is 5.95. The van der Waals surface area contributed by atoms with Gasteiger partial charge in [0.2, 0.25) is 11.8 Å². The number of nitrogens with one attached hydrogen (secondary N) is 2. The van der Waals surface area contributed by atoms with Gasteiger partial charge in [-0.2, -0.15) is 0 Å². The third-order valence-electron chi connectivity index (χ3n) is 4.00. The molecule has 0 saturated carbocycles. The largest absolute Gasteiger partial charge is 0.346 e. The van der Waals surface area contributed by atoms with Gasteiger partial charge in [0.25, 0.3) is 5.56 Å². The number of benzene rings is 1. The summed E-state index contributed by atoms with van der Waals surface area (Å²) in [6.07, 6.45) is 1.57. The molecule has 2 amide bonds. The van der Waals surface area contributed by atoms with Crippen LogP contribution < -0.4 is 21.9 Å². The van der Waals surface area contributed by atoms with Crippen LogP contribution in [0.3, 0.4) is 0 Å². The Morgan fingerprint density at radius 3 is 2.48 bits per heavy atom. The number of rotatable bonds is 7. The van der Waals surface area contributed by atoms with E-state index in [9.17, 15) is 18.8 Å². The summed E-state index contributed by atoms with van der Waals surface area (Å²) in [5.74, 6) is -1.37. The van der Waals surface area contributed by atoms with Crippen LogP contribution in [0.5, 0.6) is 0 Å². The number of nitrogens with two attached hydrogens (primary N) is 1. The van der Waals surface area contributed by atoms with Gasteiger partial charge in [0.05, 0.1) is 19.1 Å². The normalized spacial score (nSPS) is 11.9. The lowest BCUT2D eigenvalue weighted by Crippen LogP contribution is -2.46. The van der Waals surface area contributed by atoms with Gasteiger partial charge in [-0.1, -0.05) is 26.0 Å². The van der Waals surface area contributed by atoms with Crippen LogP contribution in [0.15, 0.2) is 47.4 Å². The molecule has 0 saturated heterocycles. The predicted molar refractivity (Wildman–Crippen MR) is 101 cm³/mol. The summed E-state index contributed by atoms with van der Waals surface area (Å²) < 4.78 is 14.4. The SMILES string of the molecule is CC(C)[C@H](N)C(=O)NCC(=O)Nc1cccn(Cc2ccc(F)cc2)c1=O. The van der Waals surface area contributed by atoms with Gasteiger partial charge in [-0.3, -0.25) is 14.4 Å². The van der Waals surface area contributed by atoms with Crippen LogP contribution in [0.1, 0.15) is 19.4 Å². The van der Waals surface area contributed by atoms with Crippen LogP contribution in [0.4, 0.5) is 10.1 Å². The predicted octanol–water partition coefficient (Wildman–Crippen LogP) is 1.07. The molecule has 0 spiro atoms. The average Bonchev–Trinajstić information content (AvgIpc) is 2.64. The first-order valence-corrected chi connectivity index (χ1v) is 8.55. The van der Waals surface area contributed by atoms with Crippen LogP contribution in [-0.2, 0) is 16.1 Å². The fourth-order valence-corrected chi connectivity index (χ4v) is 2.33. The summed E-state index contributed by atoms with van der Waals surface area (Å²) in [6.45, 7) is 3.56. The Hall–Kier alpha value is -3.00. The Morgan fingerprint density at radius 2 is 1.85 bits per heavy atom. The van der Waals surface area contributed by atoms with E-state index >= 15 is 0 Å². The molecule has 0 unspecified atom stereocenters. The smallest absolute Gasteiger partial charge is 0.274 e. The highest BCUT2D eigenvalue weighted by atomic mass is 19.1. The first-order chi connectivity index (χ1) is 12.8. The lowest BCUT2D eigenvalue weighted by molar-refractivity contribution is -0.125. The number of hydrogen-bond donors (Lipinski definition) is 3. The van der Waals surface area contributed by atoms with Crippen LogP contribution in [0, 0.1) is 11.7 Å². The molecule has 0 aliphatic rings. The van der Waals surface area contributed by atoms with Crippen LogP contribution in [0.2, 0.25) is 0 Å². The number of aromatic nitrogens is 1. The van der Waals surface area contributed by atoms with Gasteiger partial charge >= 0.3 is 0 Å². The lowest BCUT2D eigenvalue weighted by Gasteiger charge is -2.15. The lowest BCUT2D eigenvalue weighted by atomic mass is 10.1. The van der Waals surface area contributed by atoms with E-state index in [4.69, 9.17) is 5.73 Å². The topological polar surface area (TPSA) is 106 Å². The van der Waals surface area contributed by atoms with E-state index in [2.05, 4.69) is 10.6 Å². The minimum atomic E-state index is -0.706. The molecule has 2 aromatic rings. The van der Waals surface area contributed by atoms with Gasteiger partial charge in [-0.15, -0.1) is 0 Å². The fourth-order valence-electron chi connectivity index (χ4n) is 2.33. The minimum Gasteiger partial charge on any atom is -0.346 e. The van der Waals surface area contributed by atoms with Crippen molar-refractivity contribution < 1.29 is 14.0 Å². The van der Waals surface area contributed by atoms with E-state index in [-0.39, 0.29) is 30.5 Å². The summed E-state index contributed by atoms with van der Waals surface area (Å²) >= 11 is 0. The molecule has 4 N–H and O–H groups in total. The van der Waals surface area contributed by atoms with Gasteiger partial charge < -0.3 is 20.9 Å². The number of nitrogens with zero attached hydrogens (tertiary/aromatic N) is 1. The van der Waals surface area contributed by atoms with Crippen LogP contribution in [0.25, 0.3) is 0 Å². The van der Waals surface area contributed by atoms with Crippen molar-refractivity contribution in [1.29, 1.82) is 0 Å². The maximum atomic E-state index is 13.0. The van der Waals surface area contributed by atoms with E-state index in [1.165, 1.54) is 22.8 Å². The van der Waals surface area contributed by atoms with Gasteiger partial charge in [-0.05, 0) is 35.7 Å². The van der Waals surface area contributed by atoms with E-state index in [0.29, 0.717) is 0 Å². The average molecular weight is 374 g/mol. The summed E-state index contributed by atoms with van der Waals surface area (Å²) in [5.41, 5.74) is 6.14. The molecule has 1 atom stereocenters. The zero-order valence-corrected chi connectivity index (χ0v) is 15.2. The first-order valence-electron chi connectivity index (χ1n) is 8.55. The zero-order valence-electron chi connectivity index (χ0n) is 15.2. The van der Waals surface area contributed by atoms with Crippen LogP contribution >= 0.6 is 0 Å². The van der Waals surface area contributed by atoms with Crippen molar-refractivity contribution in [1.82, 2.24) is 9.88 Å². The second-order valence-electron chi connectivity index (χ2n) is 6.52. The van der Waals surface area contributed by atoms with Crippen molar-refractivity contribution in [3.05, 3.63) is 64.3 Å². The number of amides is 2. The summed E-state index contributed by atoms with van der Waals surface area (Å²) in [4.78, 5) is 36.3. The quantitative estimate of drug-likeness (QED) is 0.674. The molecular formula is C19H23FN4O3. The van der Waals surface area contributed by atoms with Gasteiger partial charge in [0, 0.05) is 6.20 Å². The van der Waals surface area contributed by atoms with Gasteiger partial charge in [0.1, 0.15) is 11.5 Å². The Kier molecular flexibility index (Phi) is 6.84. The van der Waals surface area contributed by atoms with Gasteiger partial charge in [0.15, 0.2) is 0 Å². The molecule has 1 aromatic heterocycles. The fraction of sp³-hybridized carbons (Fsp3) is 0.316. The molecule has 7 nitrogen and oxygen atoms in total. The first kappa shape index (κ1) is 20.3. The Bertz CT molecular complexity index is 862. The molecule has 0 aliphatic carbocycles. The van der Waals surface area contributed by atoms with Crippen molar-refractivity contribution in [3.63, 3.8) is 0 Å². The molecule has 0 radical (unpaired) electrons. The third-order valence-corrected chi connectivity index (χ3v) is 4.00. The van der Waals surface area contributed by atoms with E-state index < -0.39 is 23.4 Å². The summed E-state index contributed by atoms with van der Waals surface area (Å²) in [5, 5.41) is 4.92. The molecular weight excluding hydrogens is 351 g/mol. The van der Waals surface area contributed by atoms with E-state index in [0.717, 1.165) is 5.56 Å². The van der Waals surface area contributed by atoms with Gasteiger partial charge in [-0.25, -0.2) is 4.39 Å². The molecule has 0 fully saturated rings. The molecule has 27 heavy (non-hydrogen) atoms. The van der Waals surface area contributed by atoms with Crippen molar-refractivity contribution in [2.45, 2.75) is 26.4 Å². The standard InChI is InChI=1S/C19H23FN4O3/c1-12(2)17(21)18(26)22-10-16(25)23-15-4-3-9-24(19(15)27)11-13-5-7-14(20)8-6-13/h3-9,12,17H,10-11,21H2,1-2H3,(H,22,26)(H,23,25)/t17-/m0/s1. The van der Waals surface area contributed by atoms with Crippen molar-refractivity contribution in [2.75, 3.05) is 11.9 Å². The molecule has 144 valence electrons. The number of carbonyl (C=O) groups is 2. The highest BCUT2D eigenvalue weighted by Crippen LogP contribution is 2.06. The molecule has 8 heteroatoms. The number of hydrogen-bond acceptors (Lipinski definition) is 4. The van der Waals surface area contributed by atoms with E-state index in [1.807, 2.05) is 0 Å². The number of anilines is 1. The Labute approximate surface area is 156 Å². The number of halogens is 1. The molecule has 2 rings (SSSR count). The third kappa shape index (κ3) is 5.75. The van der Waals surface area contributed by atoms with Crippen molar-refractivity contribution in [2.24, 2.45) is 11.7 Å². The monoisotopic (exact) mass is 374 g/mol. The molecule has 1 heterocycles. The summed E-state index contributed by atoms with van der Waals surface area (Å²) in [6, 6.07) is 8.19. The highest BCUT2D eigenvalue weighted by Gasteiger charge is 2.18. The van der Waals surface area contributed by atoms with E-state index in [1.54, 1.807) is 38.2 Å². The summed E-state index contributed by atoms with van der Waals surface area (Å²) in [7, 11) is 0. The number of pyridine rings is 1. The van der Waals surface area contributed by atoms with Crippen LogP contribution in [-0.4, -0.2) is 29.0 Å². The maximum Gasteiger partial charge on any atom is 0.274 e. The number of carbonyl (C=O) groups excluding carboxylic acids is 2. The zero-order chi connectivity index (χ0) is 20.0. The minimum absolute atomic E-state index is 0.0548. The maximum absolute atomic E-state index is 13.0. The second-order valence-corrected chi connectivity index (χ2v) is 6.52. The molecule has 0 bridgehead atoms. The van der Waals surface area contributed by atoms with Crippen molar-refractivity contribution >= 4 is 17.5 Å². The second kappa shape index (κ2) is 9.09. The Balaban J connectivity index is 2.00. The van der Waals surface area contributed by atoms with Crippen molar-refractivity contribution in [3.8, 4) is 0 Å².